The van der Waals surface area contributed by atoms with Crippen molar-refractivity contribution < 1.29 is 42.1 Å². The van der Waals surface area contributed by atoms with Gasteiger partial charge in [-0.3, -0.25) is 14.2 Å². The third kappa shape index (κ3) is 54.4. The van der Waals surface area contributed by atoms with Gasteiger partial charge in [0.25, 0.3) is 7.82 Å². The molecule has 0 radical (unpaired) electrons. The minimum atomic E-state index is -4.63. The van der Waals surface area contributed by atoms with Crippen LogP contribution in [0.4, 0.5) is 0 Å². The summed E-state index contributed by atoms with van der Waals surface area (Å²) in [7, 11) is 1.16. The molecule has 0 fully saturated rings. The van der Waals surface area contributed by atoms with E-state index < -0.39 is 32.5 Å². The molecule has 0 bridgehead atoms. The Morgan fingerprint density at radius 1 is 0.464 bits per heavy atom. The topological polar surface area (TPSA) is 111 Å². The second kappa shape index (κ2) is 50.1. The Balaban J connectivity index is 4.07. The Morgan fingerprint density at radius 3 is 1.25 bits per heavy atom. The molecule has 0 aliphatic heterocycles. The molecule has 0 aliphatic rings. The van der Waals surface area contributed by atoms with E-state index in [0.29, 0.717) is 17.4 Å². The number of phosphoric acid groups is 1. The van der Waals surface area contributed by atoms with Gasteiger partial charge in [0.2, 0.25) is 0 Å². The summed E-state index contributed by atoms with van der Waals surface area (Å²) in [6.07, 6.45) is 66.3. The molecule has 10 heteroatoms. The normalized spacial score (nSPS) is 14.0. The van der Waals surface area contributed by atoms with Crippen LogP contribution in [0.3, 0.4) is 0 Å². The monoisotopic (exact) mass is 986 g/mol. The summed E-state index contributed by atoms with van der Waals surface area (Å²) < 4.78 is 34.0. The quantitative estimate of drug-likeness (QED) is 0.0195. The fourth-order valence-corrected chi connectivity index (χ4v) is 8.09. The SMILES string of the molecule is CC/C=C\C/C=C\C/C=C\C/C=C\C/C=C\C/C=C\CCCCCCCCCCCCCCCCC(=O)OC(COC(=O)CCCCCCC/C=C\CCCCC)COP(=O)([O-])OCC[N+](C)(C)C. The molecule has 0 aromatic heterocycles. The molecular formula is C59H104NO8P. The van der Waals surface area contributed by atoms with Crippen LogP contribution in [0.2, 0.25) is 0 Å². The molecule has 0 saturated heterocycles. The fraction of sp³-hybridized carbons (Fsp3) is 0.729. The summed E-state index contributed by atoms with van der Waals surface area (Å²) in [5.74, 6) is -0.846. The molecular weight excluding hydrogens is 882 g/mol. The van der Waals surface area contributed by atoms with Crippen LogP contribution in [0, 0.1) is 0 Å². The summed E-state index contributed by atoms with van der Waals surface area (Å²) in [5, 5.41) is 0. The van der Waals surface area contributed by atoms with Crippen molar-refractivity contribution in [2.45, 2.75) is 232 Å². The lowest BCUT2D eigenvalue weighted by molar-refractivity contribution is -0.870. The van der Waals surface area contributed by atoms with Crippen LogP contribution < -0.4 is 4.89 Å². The highest BCUT2D eigenvalue weighted by Gasteiger charge is 2.21. The summed E-state index contributed by atoms with van der Waals surface area (Å²) in [6, 6.07) is 0. The maximum absolute atomic E-state index is 12.8. The number of phosphoric ester groups is 1. The molecule has 0 N–H and O–H groups in total. The van der Waals surface area contributed by atoms with Gasteiger partial charge in [-0.2, -0.15) is 0 Å². The van der Waals surface area contributed by atoms with Gasteiger partial charge in [-0.25, -0.2) is 0 Å². The number of quaternary nitrogens is 1. The van der Waals surface area contributed by atoms with Gasteiger partial charge in [0.1, 0.15) is 19.8 Å². The molecule has 2 unspecified atom stereocenters. The molecule has 69 heavy (non-hydrogen) atoms. The first kappa shape index (κ1) is 66.2. The Morgan fingerprint density at radius 2 is 0.826 bits per heavy atom. The van der Waals surface area contributed by atoms with Crippen molar-refractivity contribution in [2.24, 2.45) is 0 Å². The van der Waals surface area contributed by atoms with E-state index >= 15 is 0 Å². The molecule has 398 valence electrons. The number of ether oxygens (including phenoxy) is 2. The fourth-order valence-electron chi connectivity index (χ4n) is 7.36. The average Bonchev–Trinajstić information content (AvgIpc) is 3.31. The van der Waals surface area contributed by atoms with E-state index in [0.717, 1.165) is 96.3 Å². The van der Waals surface area contributed by atoms with Crippen LogP contribution in [0.1, 0.15) is 226 Å². The van der Waals surface area contributed by atoms with Crippen molar-refractivity contribution in [2.75, 3.05) is 47.5 Å². The lowest BCUT2D eigenvalue weighted by atomic mass is 10.0. The standard InChI is InChI=1S/C59H104NO8P/c1-6-8-10-12-14-16-18-20-21-22-23-24-25-26-27-28-29-30-31-32-33-34-35-36-37-38-39-40-42-44-46-48-50-52-59(62)68-57(56-67-69(63,64)66-54-53-60(3,4)5)55-65-58(61)51-49-47-45-43-41-19-17-15-13-11-9-7-2/h8,10,14-17,20-21,23-24,26-27,29-30,57H,6-7,9,11-13,18-19,22,25,28,31-56H2,1-5H3/b10-8-,16-14-,17-15-,21-20-,24-23-,27-26-,30-29-. The largest absolute Gasteiger partial charge is 0.756 e. The lowest BCUT2D eigenvalue weighted by Crippen LogP contribution is -2.37. The van der Waals surface area contributed by atoms with Crippen LogP contribution in [-0.2, 0) is 32.7 Å². The number of nitrogens with zero attached hydrogens (tertiary/aromatic N) is 1. The number of hydrogen-bond acceptors (Lipinski definition) is 8. The Hall–Kier alpha value is -2.81. The van der Waals surface area contributed by atoms with E-state index in [1.165, 1.54) is 96.3 Å². The zero-order valence-electron chi connectivity index (χ0n) is 45.0. The highest BCUT2D eigenvalue weighted by Crippen LogP contribution is 2.38. The van der Waals surface area contributed by atoms with Crippen molar-refractivity contribution >= 4 is 19.8 Å². The summed E-state index contributed by atoms with van der Waals surface area (Å²) in [4.78, 5) is 37.7. The molecule has 9 nitrogen and oxygen atoms in total. The van der Waals surface area contributed by atoms with Gasteiger partial charge in [-0.05, 0) is 89.9 Å². The third-order valence-corrected chi connectivity index (χ3v) is 12.6. The van der Waals surface area contributed by atoms with Crippen LogP contribution >= 0.6 is 7.82 Å². The van der Waals surface area contributed by atoms with Gasteiger partial charge >= 0.3 is 11.9 Å². The first-order valence-corrected chi connectivity index (χ1v) is 29.3. The number of likely N-dealkylation sites (N-methyl/N-ethyl adjacent to an activating group) is 1. The maximum atomic E-state index is 12.8. The van der Waals surface area contributed by atoms with E-state index in [-0.39, 0.29) is 26.1 Å². The molecule has 0 aromatic carbocycles. The van der Waals surface area contributed by atoms with E-state index in [1.54, 1.807) is 0 Å². The second-order valence-corrected chi connectivity index (χ2v) is 21.0. The van der Waals surface area contributed by atoms with Crippen molar-refractivity contribution in [3.63, 3.8) is 0 Å². The lowest BCUT2D eigenvalue weighted by Gasteiger charge is -2.28. The Labute approximate surface area is 424 Å². The summed E-state index contributed by atoms with van der Waals surface area (Å²) >= 11 is 0. The van der Waals surface area contributed by atoms with Crippen LogP contribution in [0.25, 0.3) is 0 Å². The van der Waals surface area contributed by atoms with Gasteiger partial charge in [0, 0.05) is 12.8 Å². The first-order chi connectivity index (χ1) is 33.5. The van der Waals surface area contributed by atoms with Crippen LogP contribution in [-0.4, -0.2) is 70.0 Å². The zero-order valence-corrected chi connectivity index (χ0v) is 45.9. The number of carbonyl (C=O) groups is 2. The number of hydrogen-bond donors (Lipinski definition) is 0. The number of rotatable bonds is 50. The second-order valence-electron chi connectivity index (χ2n) is 19.6. The number of esters is 2. The van der Waals surface area contributed by atoms with Gasteiger partial charge in [-0.1, -0.05) is 208 Å². The predicted octanol–water partition coefficient (Wildman–Crippen LogP) is 16.5. The van der Waals surface area contributed by atoms with E-state index in [2.05, 4.69) is 98.9 Å². The van der Waals surface area contributed by atoms with Crippen LogP contribution in [0.5, 0.6) is 0 Å². The van der Waals surface area contributed by atoms with Gasteiger partial charge in [-0.15, -0.1) is 0 Å². The van der Waals surface area contributed by atoms with Gasteiger partial charge < -0.3 is 27.9 Å². The predicted molar refractivity (Wildman–Crippen MR) is 291 cm³/mol. The van der Waals surface area contributed by atoms with Crippen LogP contribution in [0.15, 0.2) is 85.1 Å². The first-order valence-electron chi connectivity index (χ1n) is 27.8. The maximum Gasteiger partial charge on any atom is 0.306 e. The highest BCUT2D eigenvalue weighted by atomic mass is 31.2. The molecule has 2 atom stereocenters. The molecule has 0 spiro atoms. The van der Waals surface area contributed by atoms with Crippen molar-refractivity contribution in [1.82, 2.24) is 0 Å². The molecule has 0 aromatic rings. The van der Waals surface area contributed by atoms with Gasteiger partial charge in [0.05, 0.1) is 27.7 Å². The zero-order chi connectivity index (χ0) is 50.6. The molecule has 0 saturated carbocycles. The average molecular weight is 986 g/mol. The number of carbonyl (C=O) groups excluding carboxylic acids is 2. The van der Waals surface area contributed by atoms with E-state index in [9.17, 15) is 19.0 Å². The molecule has 0 amide bonds. The van der Waals surface area contributed by atoms with Crippen molar-refractivity contribution in [3.05, 3.63) is 85.1 Å². The smallest absolute Gasteiger partial charge is 0.306 e. The summed E-state index contributed by atoms with van der Waals surface area (Å²) in [6.45, 7) is 4.08. The minimum absolute atomic E-state index is 0.0345. The third-order valence-electron chi connectivity index (χ3n) is 11.6. The van der Waals surface area contributed by atoms with Crippen molar-refractivity contribution in [3.8, 4) is 0 Å². The number of unbranched alkanes of at least 4 members (excludes halogenated alkanes) is 22. The van der Waals surface area contributed by atoms with Crippen molar-refractivity contribution in [1.29, 1.82) is 0 Å². The van der Waals surface area contributed by atoms with E-state index in [1.807, 2.05) is 21.1 Å². The number of allylic oxidation sites excluding steroid dienone is 14. The molecule has 0 rings (SSSR count). The Bertz CT molecular complexity index is 1440. The van der Waals surface area contributed by atoms with E-state index in [4.69, 9.17) is 18.5 Å². The van der Waals surface area contributed by atoms with Gasteiger partial charge in [0.15, 0.2) is 6.10 Å². The summed E-state index contributed by atoms with van der Waals surface area (Å²) in [5.41, 5.74) is 0. The molecule has 0 heterocycles. The Kier molecular flexibility index (Phi) is 48.1. The highest BCUT2D eigenvalue weighted by molar-refractivity contribution is 7.45. The molecule has 0 aliphatic carbocycles. The minimum Gasteiger partial charge on any atom is -0.756 e.